The third-order valence-electron chi connectivity index (χ3n) is 3.72. The van der Waals surface area contributed by atoms with Crippen molar-refractivity contribution in [2.75, 3.05) is 13.2 Å². The molecule has 0 saturated carbocycles. The maximum absolute atomic E-state index is 8.96. The number of aliphatic hydroxyl groups excluding tert-OH is 1. The molecule has 2 aromatic rings. The summed E-state index contributed by atoms with van der Waals surface area (Å²) in [6.45, 7) is 9.82. The molecule has 0 atom stereocenters. The molecule has 0 spiro atoms. The van der Waals surface area contributed by atoms with Crippen molar-refractivity contribution in [2.45, 2.75) is 46.1 Å². The van der Waals surface area contributed by atoms with Gasteiger partial charge in [-0.1, -0.05) is 38.1 Å². The van der Waals surface area contributed by atoms with E-state index >= 15 is 0 Å². The smallest absolute Gasteiger partial charge is 0.119 e. The minimum absolute atomic E-state index is 0.0934. The van der Waals surface area contributed by atoms with Gasteiger partial charge in [-0.05, 0) is 30.0 Å². The summed E-state index contributed by atoms with van der Waals surface area (Å²) in [5.41, 5.74) is 3.28. The highest BCUT2D eigenvalue weighted by molar-refractivity contribution is 5.31. The highest BCUT2D eigenvalue weighted by atomic mass is 16.5. The number of ether oxygens (including phenoxy) is 1. The fourth-order valence-corrected chi connectivity index (χ4v) is 2.25. The summed E-state index contributed by atoms with van der Waals surface area (Å²) in [7, 11) is 0. The number of hydrogen-bond acceptors (Lipinski definition) is 4. The molecule has 1 N–H and O–H groups in total. The molecule has 5 nitrogen and oxygen atoms in total. The van der Waals surface area contributed by atoms with Gasteiger partial charge in [0.1, 0.15) is 12.4 Å². The quantitative estimate of drug-likeness (QED) is 0.890. The molecule has 0 aliphatic carbocycles. The Bertz CT molecular complexity index is 597. The van der Waals surface area contributed by atoms with Crippen LogP contribution in [0.5, 0.6) is 5.75 Å². The van der Waals surface area contributed by atoms with E-state index in [0.29, 0.717) is 19.6 Å². The molecular weight excluding hydrogens is 278 g/mol. The third-order valence-corrected chi connectivity index (χ3v) is 3.72. The fourth-order valence-electron chi connectivity index (χ4n) is 2.25. The maximum Gasteiger partial charge on any atom is 0.119 e. The zero-order valence-electron chi connectivity index (χ0n) is 13.8. The van der Waals surface area contributed by atoms with Crippen LogP contribution >= 0.6 is 0 Å². The van der Waals surface area contributed by atoms with E-state index in [1.807, 2.05) is 23.7 Å². The van der Waals surface area contributed by atoms with Crippen LogP contribution in [0.25, 0.3) is 0 Å². The van der Waals surface area contributed by atoms with Crippen molar-refractivity contribution in [3.63, 3.8) is 0 Å². The molecular formula is C17H25N3O2. The summed E-state index contributed by atoms with van der Waals surface area (Å²) in [4.78, 5) is 0. The van der Waals surface area contributed by atoms with E-state index in [0.717, 1.165) is 17.1 Å². The Morgan fingerprint density at radius 2 is 1.86 bits per heavy atom. The topological polar surface area (TPSA) is 60.2 Å². The molecule has 0 unspecified atom stereocenters. The molecule has 22 heavy (non-hydrogen) atoms. The van der Waals surface area contributed by atoms with Crippen LogP contribution in [0.15, 0.2) is 24.3 Å². The highest BCUT2D eigenvalue weighted by Crippen LogP contribution is 2.24. The van der Waals surface area contributed by atoms with Crippen LogP contribution < -0.4 is 4.74 Å². The summed E-state index contributed by atoms with van der Waals surface area (Å²) < 4.78 is 7.58. The van der Waals surface area contributed by atoms with Crippen molar-refractivity contribution in [1.82, 2.24) is 15.0 Å². The minimum Gasteiger partial charge on any atom is -0.492 e. The highest BCUT2D eigenvalue weighted by Gasteiger charge is 2.13. The number of aliphatic hydroxyl groups is 1. The predicted octanol–water partition coefficient (Wildman–Crippen LogP) is 2.50. The lowest BCUT2D eigenvalue weighted by atomic mass is 9.87. The van der Waals surface area contributed by atoms with E-state index in [9.17, 15) is 0 Å². The zero-order valence-corrected chi connectivity index (χ0v) is 13.8. The Hall–Kier alpha value is -1.88. The molecule has 1 aromatic heterocycles. The minimum atomic E-state index is 0.0934. The van der Waals surface area contributed by atoms with Gasteiger partial charge in [0.2, 0.25) is 0 Å². The first-order chi connectivity index (χ1) is 10.4. The summed E-state index contributed by atoms with van der Waals surface area (Å²) in [5.74, 6) is 0.862. The van der Waals surface area contributed by atoms with Crippen molar-refractivity contribution in [2.24, 2.45) is 0 Å². The molecule has 2 rings (SSSR count). The predicted molar refractivity (Wildman–Crippen MR) is 86.2 cm³/mol. The number of aromatic nitrogens is 3. The average Bonchev–Trinajstić information content (AvgIpc) is 2.81. The Balaban J connectivity index is 1.89. The van der Waals surface area contributed by atoms with Gasteiger partial charge < -0.3 is 9.84 Å². The fraction of sp³-hybridized carbons (Fsp3) is 0.529. The molecule has 1 heterocycles. The van der Waals surface area contributed by atoms with Gasteiger partial charge in [0.25, 0.3) is 0 Å². The number of hydrogen-bond donors (Lipinski definition) is 1. The van der Waals surface area contributed by atoms with Crippen LogP contribution in [0.2, 0.25) is 0 Å². The molecule has 0 fully saturated rings. The van der Waals surface area contributed by atoms with Crippen molar-refractivity contribution >= 4 is 0 Å². The van der Waals surface area contributed by atoms with E-state index in [1.165, 1.54) is 5.56 Å². The first kappa shape index (κ1) is 16.5. The Kier molecular flexibility index (Phi) is 5.19. The van der Waals surface area contributed by atoms with Crippen molar-refractivity contribution in [3.05, 3.63) is 41.2 Å². The van der Waals surface area contributed by atoms with E-state index in [2.05, 4.69) is 43.2 Å². The number of rotatable bonds is 6. The Morgan fingerprint density at radius 3 is 2.45 bits per heavy atom. The monoisotopic (exact) mass is 303 g/mol. The van der Waals surface area contributed by atoms with Gasteiger partial charge in [0, 0.05) is 13.0 Å². The molecule has 0 aliphatic rings. The van der Waals surface area contributed by atoms with E-state index < -0.39 is 0 Å². The lowest BCUT2D eigenvalue weighted by Gasteiger charge is -2.19. The van der Waals surface area contributed by atoms with E-state index in [1.54, 1.807) is 0 Å². The van der Waals surface area contributed by atoms with Gasteiger partial charge in [-0.3, -0.25) is 0 Å². The van der Waals surface area contributed by atoms with Crippen molar-refractivity contribution < 1.29 is 9.84 Å². The lowest BCUT2D eigenvalue weighted by molar-refractivity contribution is 0.288. The van der Waals surface area contributed by atoms with Gasteiger partial charge in [-0.25, -0.2) is 4.68 Å². The summed E-state index contributed by atoms with van der Waals surface area (Å²) in [5, 5.41) is 17.1. The molecule has 0 saturated heterocycles. The molecule has 0 amide bonds. The van der Waals surface area contributed by atoms with Crippen molar-refractivity contribution in [1.29, 1.82) is 0 Å². The van der Waals surface area contributed by atoms with Gasteiger partial charge in [-0.15, -0.1) is 5.10 Å². The average molecular weight is 303 g/mol. The molecule has 5 heteroatoms. The lowest BCUT2D eigenvalue weighted by Crippen LogP contribution is -2.12. The number of nitrogens with zero attached hydrogens (tertiary/aromatic N) is 3. The van der Waals surface area contributed by atoms with E-state index in [4.69, 9.17) is 9.84 Å². The first-order valence-electron chi connectivity index (χ1n) is 7.65. The van der Waals surface area contributed by atoms with Crippen LogP contribution in [0.3, 0.4) is 0 Å². The van der Waals surface area contributed by atoms with Gasteiger partial charge in [-0.2, -0.15) is 0 Å². The Morgan fingerprint density at radius 1 is 1.18 bits per heavy atom. The van der Waals surface area contributed by atoms with Crippen LogP contribution in [0.1, 0.15) is 37.7 Å². The van der Waals surface area contributed by atoms with Gasteiger partial charge in [0.05, 0.1) is 17.9 Å². The first-order valence-corrected chi connectivity index (χ1v) is 7.65. The Labute approximate surface area is 131 Å². The van der Waals surface area contributed by atoms with Crippen LogP contribution in [-0.2, 0) is 18.4 Å². The van der Waals surface area contributed by atoms with Crippen LogP contribution in [-0.4, -0.2) is 33.3 Å². The molecule has 0 bridgehead atoms. The summed E-state index contributed by atoms with van der Waals surface area (Å²) >= 11 is 0. The maximum atomic E-state index is 8.96. The molecule has 0 radical (unpaired) electrons. The second kappa shape index (κ2) is 6.92. The second-order valence-electron chi connectivity index (χ2n) is 6.44. The normalized spacial score (nSPS) is 11.7. The largest absolute Gasteiger partial charge is 0.492 e. The van der Waals surface area contributed by atoms with Crippen LogP contribution in [0, 0.1) is 6.92 Å². The second-order valence-corrected chi connectivity index (χ2v) is 6.44. The van der Waals surface area contributed by atoms with Crippen LogP contribution in [0.4, 0.5) is 0 Å². The molecule has 120 valence electrons. The van der Waals surface area contributed by atoms with Crippen molar-refractivity contribution in [3.8, 4) is 5.75 Å². The number of benzene rings is 1. The third kappa shape index (κ3) is 4.07. The summed E-state index contributed by atoms with van der Waals surface area (Å²) in [6, 6.07) is 8.22. The molecule has 1 aromatic carbocycles. The van der Waals surface area contributed by atoms with Gasteiger partial charge in [0.15, 0.2) is 0 Å². The van der Waals surface area contributed by atoms with Gasteiger partial charge >= 0.3 is 0 Å². The molecule has 0 aliphatic heterocycles. The SMILES string of the molecule is Cc1c(CCO)nnn1CCOc1ccc(C(C)(C)C)cc1. The summed E-state index contributed by atoms with van der Waals surface area (Å²) in [6.07, 6.45) is 0.543. The van der Waals surface area contributed by atoms with E-state index in [-0.39, 0.29) is 12.0 Å². The standard InChI is InChI=1S/C17H25N3O2/c1-13-16(9-11-21)18-19-20(13)10-12-22-15-7-5-14(6-8-15)17(2,3)4/h5-8,21H,9-12H2,1-4H3. The zero-order chi connectivity index (χ0) is 16.2.